The summed E-state index contributed by atoms with van der Waals surface area (Å²) in [5.41, 5.74) is 3.74. The summed E-state index contributed by atoms with van der Waals surface area (Å²) in [7, 11) is 1.64. The summed E-state index contributed by atoms with van der Waals surface area (Å²) < 4.78 is 0. The van der Waals surface area contributed by atoms with Crippen LogP contribution in [0.2, 0.25) is 0 Å². The van der Waals surface area contributed by atoms with E-state index in [1.165, 1.54) is 0 Å². The highest BCUT2D eigenvalue weighted by molar-refractivity contribution is 6.01. The second kappa shape index (κ2) is 6.54. The van der Waals surface area contributed by atoms with Crippen LogP contribution in [0.15, 0.2) is 35.5 Å². The molecule has 0 radical (unpaired) electrons. The number of para-hydroxylation sites is 2. The van der Waals surface area contributed by atoms with Gasteiger partial charge in [-0.15, -0.1) is 0 Å². The van der Waals surface area contributed by atoms with Crippen LogP contribution in [0.25, 0.3) is 0 Å². The minimum absolute atomic E-state index is 0.0495. The summed E-state index contributed by atoms with van der Waals surface area (Å²) in [6.07, 6.45) is 2.17. The molecule has 5 heteroatoms. The molecule has 0 saturated carbocycles. The Balaban J connectivity index is 2.14. The number of nitrogens with one attached hydrogen (secondary N) is 2. The average Bonchev–Trinajstić information content (AvgIpc) is 2.68. The molecule has 1 atom stereocenters. The van der Waals surface area contributed by atoms with Crippen molar-refractivity contribution in [3.63, 3.8) is 0 Å². The number of carbonyl (C=O) groups is 2. The Morgan fingerprint density at radius 3 is 2.72 bits per heavy atom. The average molecular weight is 341 g/mol. The largest absolute Gasteiger partial charge is 0.358 e. The second-order valence-electron chi connectivity index (χ2n) is 7.70. The number of fused-ring (bicyclic) bond motifs is 1. The van der Waals surface area contributed by atoms with E-state index in [-0.39, 0.29) is 29.7 Å². The number of anilines is 2. The number of benzene rings is 1. The summed E-state index contributed by atoms with van der Waals surface area (Å²) in [6, 6.07) is 7.89. The fourth-order valence-electron chi connectivity index (χ4n) is 4.00. The highest BCUT2D eigenvalue weighted by atomic mass is 16.2. The lowest BCUT2D eigenvalue weighted by Crippen LogP contribution is -2.45. The smallest absolute Gasteiger partial charge is 0.239 e. The predicted octanol–water partition coefficient (Wildman–Crippen LogP) is 3.09. The predicted molar refractivity (Wildman–Crippen MR) is 101 cm³/mol. The molecule has 0 saturated heterocycles. The molecule has 0 spiro atoms. The first-order valence-corrected chi connectivity index (χ1v) is 8.96. The van der Waals surface area contributed by atoms with Crippen molar-refractivity contribution in [2.45, 2.75) is 46.1 Å². The molecule has 1 aromatic carbocycles. The van der Waals surface area contributed by atoms with Gasteiger partial charge in [-0.2, -0.15) is 0 Å². The first-order valence-electron chi connectivity index (χ1n) is 8.96. The van der Waals surface area contributed by atoms with Crippen LogP contribution >= 0.6 is 0 Å². The van der Waals surface area contributed by atoms with Gasteiger partial charge >= 0.3 is 0 Å². The van der Waals surface area contributed by atoms with E-state index >= 15 is 0 Å². The van der Waals surface area contributed by atoms with E-state index in [0.29, 0.717) is 6.42 Å². The standard InChI is InChI=1S/C20H27N3O2/c1-5-15-19-14(10-20(2,3)11-17(19)24)22-13-8-6-7-9-16(13)23(15)12-18(25)21-4/h6-9,15,22H,5,10-12H2,1-4H3,(H,21,25). The molecule has 2 N–H and O–H groups in total. The highest BCUT2D eigenvalue weighted by Gasteiger charge is 2.40. The number of rotatable bonds is 3. The number of carbonyl (C=O) groups excluding carboxylic acids is 2. The Morgan fingerprint density at radius 1 is 1.32 bits per heavy atom. The summed E-state index contributed by atoms with van der Waals surface area (Å²) >= 11 is 0. The number of allylic oxidation sites excluding steroid dienone is 1. The van der Waals surface area contributed by atoms with Gasteiger partial charge in [-0.25, -0.2) is 0 Å². The van der Waals surface area contributed by atoms with E-state index in [0.717, 1.165) is 35.5 Å². The molecule has 134 valence electrons. The quantitative estimate of drug-likeness (QED) is 0.887. The molecule has 1 unspecified atom stereocenters. The summed E-state index contributed by atoms with van der Waals surface area (Å²) in [5.74, 6) is 0.140. The second-order valence-corrected chi connectivity index (χ2v) is 7.70. The maximum Gasteiger partial charge on any atom is 0.239 e. The molecule has 1 aliphatic heterocycles. The van der Waals surface area contributed by atoms with Gasteiger partial charge in [0.2, 0.25) is 5.91 Å². The van der Waals surface area contributed by atoms with Gasteiger partial charge in [0.25, 0.3) is 0 Å². The highest BCUT2D eigenvalue weighted by Crippen LogP contribution is 2.44. The van der Waals surface area contributed by atoms with Crippen LogP contribution in [-0.2, 0) is 9.59 Å². The number of ketones is 1. The van der Waals surface area contributed by atoms with Gasteiger partial charge in [-0.1, -0.05) is 32.9 Å². The van der Waals surface area contributed by atoms with Gasteiger partial charge in [-0.3, -0.25) is 9.59 Å². The van der Waals surface area contributed by atoms with Gasteiger partial charge < -0.3 is 15.5 Å². The van der Waals surface area contributed by atoms with Gasteiger partial charge in [0.1, 0.15) is 0 Å². The Kier molecular flexibility index (Phi) is 4.58. The molecule has 3 rings (SSSR count). The minimum Gasteiger partial charge on any atom is -0.358 e. The number of hydrogen-bond donors (Lipinski definition) is 2. The number of amides is 1. The van der Waals surface area contributed by atoms with Crippen LogP contribution in [0.1, 0.15) is 40.0 Å². The lowest BCUT2D eigenvalue weighted by molar-refractivity contribution is -0.120. The maximum atomic E-state index is 13.0. The van der Waals surface area contributed by atoms with Gasteiger partial charge in [0.15, 0.2) is 5.78 Å². The lowest BCUT2D eigenvalue weighted by atomic mass is 9.74. The van der Waals surface area contributed by atoms with Crippen molar-refractivity contribution in [2.75, 3.05) is 23.8 Å². The molecule has 0 bridgehead atoms. The molecule has 2 aliphatic rings. The molecular weight excluding hydrogens is 314 g/mol. The molecule has 25 heavy (non-hydrogen) atoms. The Labute approximate surface area is 149 Å². The molecule has 1 aliphatic carbocycles. The maximum absolute atomic E-state index is 13.0. The van der Waals surface area contributed by atoms with Crippen molar-refractivity contribution in [1.29, 1.82) is 0 Å². The van der Waals surface area contributed by atoms with E-state index in [1.54, 1.807) is 7.05 Å². The first-order chi connectivity index (χ1) is 11.9. The van der Waals surface area contributed by atoms with Crippen LogP contribution in [0, 0.1) is 5.41 Å². The Hall–Kier alpha value is -2.30. The van der Waals surface area contributed by atoms with Crippen molar-refractivity contribution >= 4 is 23.1 Å². The SMILES string of the molecule is CCC1C2=C(CC(C)(C)CC2=O)Nc2ccccc2N1CC(=O)NC. The van der Waals surface area contributed by atoms with E-state index in [4.69, 9.17) is 0 Å². The van der Waals surface area contributed by atoms with Crippen LogP contribution in [0.4, 0.5) is 11.4 Å². The Bertz CT molecular complexity index is 736. The fraction of sp³-hybridized carbons (Fsp3) is 0.500. The van der Waals surface area contributed by atoms with Crippen LogP contribution < -0.4 is 15.5 Å². The number of Topliss-reactive ketones (excluding diaryl/α,β-unsaturated/α-hetero) is 1. The molecular formula is C20H27N3O2. The number of hydrogen-bond acceptors (Lipinski definition) is 4. The third kappa shape index (κ3) is 3.28. The molecule has 1 amide bonds. The third-order valence-corrected chi connectivity index (χ3v) is 5.11. The minimum atomic E-state index is -0.0907. The van der Waals surface area contributed by atoms with E-state index in [2.05, 4.69) is 36.3 Å². The number of nitrogens with zero attached hydrogens (tertiary/aromatic N) is 1. The molecule has 0 fully saturated rings. The van der Waals surface area contributed by atoms with Crippen LogP contribution in [-0.4, -0.2) is 31.3 Å². The summed E-state index contributed by atoms with van der Waals surface area (Å²) in [4.78, 5) is 27.2. The van der Waals surface area contributed by atoms with Crippen molar-refractivity contribution in [1.82, 2.24) is 5.32 Å². The topological polar surface area (TPSA) is 61.4 Å². The van der Waals surface area contributed by atoms with Gasteiger partial charge in [0.05, 0.1) is 24.0 Å². The van der Waals surface area contributed by atoms with Crippen LogP contribution in [0.3, 0.4) is 0 Å². The summed E-state index contributed by atoms with van der Waals surface area (Å²) in [5, 5.41) is 6.22. The Morgan fingerprint density at radius 2 is 2.04 bits per heavy atom. The molecule has 1 heterocycles. The fourth-order valence-corrected chi connectivity index (χ4v) is 4.00. The molecule has 5 nitrogen and oxygen atoms in total. The molecule has 1 aromatic rings. The zero-order chi connectivity index (χ0) is 18.2. The van der Waals surface area contributed by atoms with Gasteiger partial charge in [0, 0.05) is 24.7 Å². The zero-order valence-corrected chi connectivity index (χ0v) is 15.5. The monoisotopic (exact) mass is 341 g/mol. The van der Waals surface area contributed by atoms with E-state index in [1.807, 2.05) is 24.3 Å². The number of likely N-dealkylation sites (N-methyl/N-ethyl adjacent to an activating group) is 1. The van der Waals surface area contributed by atoms with Crippen molar-refractivity contribution in [3.05, 3.63) is 35.5 Å². The van der Waals surface area contributed by atoms with Gasteiger partial charge in [-0.05, 0) is 30.4 Å². The van der Waals surface area contributed by atoms with Crippen LogP contribution in [0.5, 0.6) is 0 Å². The first kappa shape index (κ1) is 17.5. The van der Waals surface area contributed by atoms with Crippen molar-refractivity contribution < 1.29 is 9.59 Å². The zero-order valence-electron chi connectivity index (χ0n) is 15.5. The molecule has 0 aromatic heterocycles. The summed E-state index contributed by atoms with van der Waals surface area (Å²) in [6.45, 7) is 6.58. The van der Waals surface area contributed by atoms with Crippen molar-refractivity contribution in [2.24, 2.45) is 5.41 Å². The third-order valence-electron chi connectivity index (χ3n) is 5.11. The van der Waals surface area contributed by atoms with E-state index < -0.39 is 0 Å². The van der Waals surface area contributed by atoms with E-state index in [9.17, 15) is 9.59 Å². The van der Waals surface area contributed by atoms with Crippen molar-refractivity contribution in [3.8, 4) is 0 Å². The lowest BCUT2D eigenvalue weighted by Gasteiger charge is -2.37. The normalized spacial score (nSPS) is 21.8.